The summed E-state index contributed by atoms with van der Waals surface area (Å²) in [5, 5.41) is 0. The van der Waals surface area contributed by atoms with Crippen molar-refractivity contribution in [2.24, 2.45) is 7.05 Å². The van der Waals surface area contributed by atoms with Crippen LogP contribution in [-0.4, -0.2) is 42.8 Å². The SMILES string of the molecule is Cc1cc(C)c2c(c1)N(C(=O)c1cc(S(=O)(=O)N3CCCCC3)cn1C)CCC2. The van der Waals surface area contributed by atoms with E-state index in [2.05, 4.69) is 19.1 Å². The fraction of sp³-hybridized carbons (Fsp3) is 0.500. The maximum Gasteiger partial charge on any atom is 0.274 e. The van der Waals surface area contributed by atoms with Crippen molar-refractivity contribution in [3.05, 3.63) is 46.8 Å². The molecule has 7 heteroatoms. The van der Waals surface area contributed by atoms with Crippen molar-refractivity contribution in [1.29, 1.82) is 0 Å². The van der Waals surface area contributed by atoms with Crippen molar-refractivity contribution in [3.8, 4) is 0 Å². The lowest BCUT2D eigenvalue weighted by Crippen LogP contribution is -2.37. The number of piperidine rings is 1. The van der Waals surface area contributed by atoms with E-state index in [0.717, 1.165) is 43.4 Å². The third-order valence-electron chi connectivity index (χ3n) is 6.09. The van der Waals surface area contributed by atoms with Crippen LogP contribution >= 0.6 is 0 Å². The Hall–Kier alpha value is -2.12. The molecule has 0 unspecified atom stereocenters. The highest BCUT2D eigenvalue weighted by atomic mass is 32.2. The number of rotatable bonds is 3. The zero-order valence-electron chi connectivity index (χ0n) is 17.4. The largest absolute Gasteiger partial charge is 0.345 e. The summed E-state index contributed by atoms with van der Waals surface area (Å²) in [6.45, 7) is 5.88. The number of carbonyl (C=O) groups is 1. The Morgan fingerprint density at radius 2 is 1.69 bits per heavy atom. The van der Waals surface area contributed by atoms with E-state index in [1.165, 1.54) is 11.1 Å². The van der Waals surface area contributed by atoms with Crippen LogP contribution in [0.3, 0.4) is 0 Å². The number of amides is 1. The molecule has 0 radical (unpaired) electrons. The summed E-state index contributed by atoms with van der Waals surface area (Å²) in [7, 11) is -1.82. The minimum atomic E-state index is -3.56. The van der Waals surface area contributed by atoms with Crippen LogP contribution in [0.25, 0.3) is 0 Å². The lowest BCUT2D eigenvalue weighted by Gasteiger charge is -2.31. The van der Waals surface area contributed by atoms with Crippen molar-refractivity contribution >= 4 is 21.6 Å². The maximum atomic E-state index is 13.4. The smallest absolute Gasteiger partial charge is 0.274 e. The molecule has 0 aliphatic carbocycles. The second-order valence-corrected chi connectivity index (χ2v) is 10.2. The highest BCUT2D eigenvalue weighted by Gasteiger charge is 2.31. The first-order valence-electron chi connectivity index (χ1n) is 10.4. The standard InChI is InChI=1S/C22H29N3O3S/c1-16-12-17(2)19-8-7-11-25(20(19)13-16)22(26)21-14-18(15-23(21)3)29(27,28)24-9-5-4-6-10-24/h12-15H,4-11H2,1-3H3. The van der Waals surface area contributed by atoms with Crippen LogP contribution in [0.15, 0.2) is 29.3 Å². The molecule has 2 aliphatic rings. The Morgan fingerprint density at radius 1 is 0.966 bits per heavy atom. The first kappa shape index (κ1) is 20.2. The predicted octanol–water partition coefficient (Wildman–Crippen LogP) is 3.41. The van der Waals surface area contributed by atoms with Gasteiger partial charge in [0.15, 0.2) is 0 Å². The van der Waals surface area contributed by atoms with Crippen molar-refractivity contribution in [2.75, 3.05) is 24.5 Å². The molecule has 1 amide bonds. The molecule has 2 aliphatic heterocycles. The molecule has 4 rings (SSSR count). The molecule has 1 aromatic carbocycles. The summed E-state index contributed by atoms with van der Waals surface area (Å²) in [6, 6.07) is 5.76. The Morgan fingerprint density at radius 3 is 2.41 bits per heavy atom. The topological polar surface area (TPSA) is 62.6 Å². The first-order chi connectivity index (χ1) is 13.8. The van der Waals surface area contributed by atoms with E-state index in [9.17, 15) is 13.2 Å². The van der Waals surface area contributed by atoms with Gasteiger partial charge in [-0.15, -0.1) is 0 Å². The van der Waals surface area contributed by atoms with Crippen LogP contribution in [0.2, 0.25) is 0 Å². The first-order valence-corrected chi connectivity index (χ1v) is 11.8. The summed E-state index contributed by atoms with van der Waals surface area (Å²) >= 11 is 0. The van der Waals surface area contributed by atoms with Crippen molar-refractivity contribution in [3.63, 3.8) is 0 Å². The van der Waals surface area contributed by atoms with Gasteiger partial charge in [-0.2, -0.15) is 4.31 Å². The van der Waals surface area contributed by atoms with E-state index in [0.29, 0.717) is 25.3 Å². The summed E-state index contributed by atoms with van der Waals surface area (Å²) in [5.41, 5.74) is 4.91. The summed E-state index contributed by atoms with van der Waals surface area (Å²) < 4.78 is 29.2. The Bertz CT molecular complexity index is 1050. The maximum absolute atomic E-state index is 13.4. The van der Waals surface area contributed by atoms with Gasteiger partial charge in [-0.05, 0) is 68.4 Å². The number of aromatic nitrogens is 1. The minimum absolute atomic E-state index is 0.140. The number of hydrogen-bond acceptors (Lipinski definition) is 3. The van der Waals surface area contributed by atoms with Gasteiger partial charge in [0.2, 0.25) is 10.0 Å². The molecule has 1 fully saturated rings. The van der Waals surface area contributed by atoms with Gasteiger partial charge in [-0.25, -0.2) is 8.42 Å². The molecule has 0 N–H and O–H groups in total. The lowest BCUT2D eigenvalue weighted by molar-refractivity contribution is 0.0977. The molecule has 2 aromatic rings. The number of fused-ring (bicyclic) bond motifs is 1. The lowest BCUT2D eigenvalue weighted by atomic mass is 9.95. The van der Waals surface area contributed by atoms with Crippen LogP contribution in [-0.2, 0) is 23.5 Å². The average molecular weight is 416 g/mol. The Kier molecular flexibility index (Phi) is 5.29. The van der Waals surface area contributed by atoms with E-state index in [4.69, 9.17) is 0 Å². The summed E-state index contributed by atoms with van der Waals surface area (Å²) in [6.07, 6.45) is 6.29. The van der Waals surface area contributed by atoms with Crippen molar-refractivity contribution in [2.45, 2.75) is 50.8 Å². The van der Waals surface area contributed by atoms with Gasteiger partial charge >= 0.3 is 0 Å². The van der Waals surface area contributed by atoms with E-state index in [1.54, 1.807) is 28.2 Å². The monoisotopic (exact) mass is 415 g/mol. The molecule has 6 nitrogen and oxygen atoms in total. The fourth-order valence-electron chi connectivity index (χ4n) is 4.57. The third kappa shape index (κ3) is 3.62. The molecule has 0 spiro atoms. The second-order valence-electron chi connectivity index (χ2n) is 8.28. The highest BCUT2D eigenvalue weighted by molar-refractivity contribution is 7.89. The van der Waals surface area contributed by atoms with Crippen LogP contribution in [0.1, 0.15) is 52.9 Å². The van der Waals surface area contributed by atoms with E-state index >= 15 is 0 Å². The zero-order valence-corrected chi connectivity index (χ0v) is 18.3. The molecule has 3 heterocycles. The van der Waals surface area contributed by atoms with Gasteiger partial charge in [-0.1, -0.05) is 12.5 Å². The molecule has 0 atom stereocenters. The van der Waals surface area contributed by atoms with Gasteiger partial charge in [0.05, 0.1) is 0 Å². The molecule has 0 saturated carbocycles. The Balaban J connectivity index is 1.68. The molecular weight excluding hydrogens is 386 g/mol. The molecule has 156 valence electrons. The third-order valence-corrected chi connectivity index (χ3v) is 7.95. The van der Waals surface area contributed by atoms with E-state index in [1.807, 2.05) is 11.8 Å². The van der Waals surface area contributed by atoms with Crippen LogP contribution in [0, 0.1) is 13.8 Å². The van der Waals surface area contributed by atoms with Gasteiger partial charge in [0.1, 0.15) is 10.6 Å². The normalized spacial score (nSPS) is 18.0. The van der Waals surface area contributed by atoms with Gasteiger partial charge in [0.25, 0.3) is 5.91 Å². The molecular formula is C22H29N3O3S. The number of hydrogen-bond donors (Lipinski definition) is 0. The molecule has 29 heavy (non-hydrogen) atoms. The zero-order chi connectivity index (χ0) is 20.8. The van der Waals surface area contributed by atoms with E-state index < -0.39 is 10.0 Å². The molecule has 0 bridgehead atoms. The van der Waals surface area contributed by atoms with Gasteiger partial charge in [-0.3, -0.25) is 4.79 Å². The number of benzene rings is 1. The van der Waals surface area contributed by atoms with Gasteiger partial charge in [0, 0.05) is 38.6 Å². The fourth-order valence-corrected chi connectivity index (χ4v) is 6.16. The Labute approximate surface area is 173 Å². The summed E-state index contributed by atoms with van der Waals surface area (Å²) in [4.78, 5) is 15.4. The summed E-state index contributed by atoms with van der Waals surface area (Å²) in [5.74, 6) is -0.140. The van der Waals surface area contributed by atoms with Crippen molar-refractivity contribution in [1.82, 2.24) is 8.87 Å². The van der Waals surface area contributed by atoms with Gasteiger partial charge < -0.3 is 9.47 Å². The predicted molar refractivity (Wildman–Crippen MR) is 114 cm³/mol. The number of sulfonamides is 1. The second kappa shape index (κ2) is 7.61. The average Bonchev–Trinajstić information content (AvgIpc) is 3.10. The number of nitrogens with zero attached hydrogens (tertiary/aromatic N) is 3. The molecule has 1 aromatic heterocycles. The number of aryl methyl sites for hydroxylation is 3. The quantitative estimate of drug-likeness (QED) is 0.772. The van der Waals surface area contributed by atoms with Crippen LogP contribution in [0.5, 0.6) is 0 Å². The minimum Gasteiger partial charge on any atom is -0.345 e. The number of anilines is 1. The highest BCUT2D eigenvalue weighted by Crippen LogP contribution is 2.32. The van der Waals surface area contributed by atoms with Crippen LogP contribution in [0.4, 0.5) is 5.69 Å². The number of carbonyl (C=O) groups excluding carboxylic acids is 1. The van der Waals surface area contributed by atoms with E-state index in [-0.39, 0.29) is 10.8 Å². The molecule has 1 saturated heterocycles. The van der Waals surface area contributed by atoms with Crippen molar-refractivity contribution < 1.29 is 13.2 Å². The van der Waals surface area contributed by atoms with Crippen LogP contribution < -0.4 is 4.90 Å².